The van der Waals surface area contributed by atoms with Gasteiger partial charge >= 0.3 is 0 Å². The Balaban J connectivity index is 1.73. The van der Waals surface area contributed by atoms with Crippen LogP contribution >= 0.6 is 23.2 Å². The lowest BCUT2D eigenvalue weighted by molar-refractivity contribution is -0.121. The Morgan fingerprint density at radius 2 is 1.83 bits per heavy atom. The number of hydrogen-bond acceptors (Lipinski definition) is 2. The van der Waals surface area contributed by atoms with Gasteiger partial charge in [0.15, 0.2) is 0 Å². The van der Waals surface area contributed by atoms with Crippen molar-refractivity contribution in [2.75, 3.05) is 13.7 Å². The van der Waals surface area contributed by atoms with Crippen molar-refractivity contribution in [3.8, 4) is 5.75 Å². The summed E-state index contributed by atoms with van der Waals surface area (Å²) in [7, 11) is 1.64. The molecule has 5 heteroatoms. The third-order valence-corrected chi connectivity index (χ3v) is 4.41. The van der Waals surface area contributed by atoms with Crippen LogP contribution < -0.4 is 10.1 Å². The highest BCUT2D eigenvalue weighted by Gasteiger charge is 2.07. The monoisotopic (exact) mass is 351 g/mol. The molecule has 0 bridgehead atoms. The molecule has 122 valence electrons. The molecule has 0 heterocycles. The minimum atomic E-state index is 0.00885. The summed E-state index contributed by atoms with van der Waals surface area (Å²) in [5.74, 6) is 0.839. The summed E-state index contributed by atoms with van der Waals surface area (Å²) in [4.78, 5) is 11.9. The second-order valence-electron chi connectivity index (χ2n) is 5.16. The van der Waals surface area contributed by atoms with E-state index >= 15 is 0 Å². The number of carbonyl (C=O) groups is 1. The van der Waals surface area contributed by atoms with Gasteiger partial charge in [0.2, 0.25) is 5.91 Å². The fourth-order valence-electron chi connectivity index (χ4n) is 2.22. The Bertz CT molecular complexity index is 657. The van der Waals surface area contributed by atoms with Crippen molar-refractivity contribution >= 4 is 29.1 Å². The lowest BCUT2D eigenvalue weighted by Crippen LogP contribution is -2.25. The third kappa shape index (κ3) is 5.45. The summed E-state index contributed by atoms with van der Waals surface area (Å²) < 4.78 is 5.11. The first-order chi connectivity index (χ1) is 11.1. The van der Waals surface area contributed by atoms with Crippen LogP contribution in [-0.2, 0) is 17.6 Å². The fourth-order valence-corrected chi connectivity index (χ4v) is 2.63. The Morgan fingerprint density at radius 3 is 2.52 bits per heavy atom. The lowest BCUT2D eigenvalue weighted by Gasteiger charge is -2.08. The molecule has 2 aromatic carbocycles. The molecule has 0 aromatic heterocycles. The van der Waals surface area contributed by atoms with Gasteiger partial charge in [-0.15, -0.1) is 0 Å². The van der Waals surface area contributed by atoms with E-state index in [0.29, 0.717) is 29.4 Å². The number of hydrogen-bond donors (Lipinski definition) is 1. The predicted octanol–water partition coefficient (Wildman–Crippen LogP) is 4.29. The molecule has 0 radical (unpaired) electrons. The molecule has 0 aliphatic heterocycles. The highest BCUT2D eigenvalue weighted by Crippen LogP contribution is 2.26. The van der Waals surface area contributed by atoms with Crippen molar-refractivity contribution in [1.82, 2.24) is 5.32 Å². The molecule has 0 fully saturated rings. The van der Waals surface area contributed by atoms with Crippen LogP contribution in [0.3, 0.4) is 0 Å². The van der Waals surface area contributed by atoms with Crippen molar-refractivity contribution in [3.05, 3.63) is 63.6 Å². The molecule has 1 N–H and O–H groups in total. The number of ether oxygens (including phenoxy) is 1. The Labute approximate surface area is 146 Å². The van der Waals surface area contributed by atoms with Gasteiger partial charge in [-0.25, -0.2) is 0 Å². The van der Waals surface area contributed by atoms with E-state index in [1.165, 1.54) is 0 Å². The van der Waals surface area contributed by atoms with Gasteiger partial charge in [-0.2, -0.15) is 0 Å². The van der Waals surface area contributed by atoms with Crippen molar-refractivity contribution < 1.29 is 9.53 Å². The van der Waals surface area contributed by atoms with E-state index in [-0.39, 0.29) is 5.91 Å². The molecule has 0 unspecified atom stereocenters. The average molecular weight is 352 g/mol. The molecule has 0 spiro atoms. The van der Waals surface area contributed by atoms with Gasteiger partial charge in [0.25, 0.3) is 0 Å². The second-order valence-corrected chi connectivity index (χ2v) is 5.95. The Morgan fingerprint density at radius 1 is 1.09 bits per heavy atom. The smallest absolute Gasteiger partial charge is 0.220 e. The molecule has 0 saturated carbocycles. The van der Waals surface area contributed by atoms with Gasteiger partial charge in [0, 0.05) is 13.0 Å². The van der Waals surface area contributed by atoms with Gasteiger partial charge in [-0.1, -0.05) is 47.5 Å². The number of halogens is 2. The molecule has 1 amide bonds. The molecular weight excluding hydrogens is 333 g/mol. The van der Waals surface area contributed by atoms with Gasteiger partial charge in [0.1, 0.15) is 5.75 Å². The second kappa shape index (κ2) is 8.80. The first-order valence-corrected chi connectivity index (χ1v) is 8.18. The van der Waals surface area contributed by atoms with Gasteiger partial charge in [-0.3, -0.25) is 4.79 Å². The molecule has 2 aromatic rings. The molecule has 0 saturated heterocycles. The number of methoxy groups -OCH3 is 1. The van der Waals surface area contributed by atoms with E-state index in [1.54, 1.807) is 13.2 Å². The Kier molecular flexibility index (Phi) is 6.75. The maximum atomic E-state index is 11.9. The first-order valence-electron chi connectivity index (χ1n) is 7.42. The van der Waals surface area contributed by atoms with Crippen LogP contribution in [0.25, 0.3) is 0 Å². The van der Waals surface area contributed by atoms with E-state index in [1.807, 2.05) is 36.4 Å². The number of aryl methyl sites for hydroxylation is 1. The molecule has 0 aliphatic carbocycles. The van der Waals surface area contributed by atoms with Crippen LogP contribution in [0.5, 0.6) is 5.75 Å². The van der Waals surface area contributed by atoms with Gasteiger partial charge < -0.3 is 10.1 Å². The molecule has 23 heavy (non-hydrogen) atoms. The minimum absolute atomic E-state index is 0.00885. The van der Waals surface area contributed by atoms with E-state index in [9.17, 15) is 4.79 Å². The standard InChI is InChI=1S/C18H19Cl2NO2/c1-23-15-8-5-13(6-9-15)11-12-21-17(22)10-7-14-3-2-4-16(19)18(14)20/h2-6,8-9H,7,10-12H2,1H3,(H,21,22). The van der Waals surface area contributed by atoms with Crippen molar-refractivity contribution in [2.24, 2.45) is 0 Å². The van der Waals surface area contributed by atoms with Crippen molar-refractivity contribution in [2.45, 2.75) is 19.3 Å². The van der Waals surface area contributed by atoms with Gasteiger partial charge in [-0.05, 0) is 42.2 Å². The normalized spacial score (nSPS) is 10.4. The molecule has 3 nitrogen and oxygen atoms in total. The fraction of sp³-hybridized carbons (Fsp3) is 0.278. The highest BCUT2D eigenvalue weighted by atomic mass is 35.5. The van der Waals surface area contributed by atoms with Crippen LogP contribution in [0.4, 0.5) is 0 Å². The number of nitrogens with one attached hydrogen (secondary N) is 1. The zero-order valence-electron chi connectivity index (χ0n) is 12.9. The van der Waals surface area contributed by atoms with Crippen LogP contribution in [0, 0.1) is 0 Å². The average Bonchev–Trinajstić information content (AvgIpc) is 2.57. The maximum Gasteiger partial charge on any atom is 0.220 e. The predicted molar refractivity (Wildman–Crippen MR) is 94.5 cm³/mol. The zero-order chi connectivity index (χ0) is 16.7. The molecular formula is C18H19Cl2NO2. The first kappa shape index (κ1) is 17.6. The summed E-state index contributed by atoms with van der Waals surface area (Å²) in [5.41, 5.74) is 2.05. The SMILES string of the molecule is COc1ccc(CCNC(=O)CCc2cccc(Cl)c2Cl)cc1. The number of amides is 1. The Hall–Kier alpha value is -1.71. The van der Waals surface area contributed by atoms with Crippen LogP contribution in [0.1, 0.15) is 17.5 Å². The van der Waals surface area contributed by atoms with Crippen LogP contribution in [-0.4, -0.2) is 19.6 Å². The maximum absolute atomic E-state index is 11.9. The lowest BCUT2D eigenvalue weighted by atomic mass is 10.1. The summed E-state index contributed by atoms with van der Waals surface area (Å²) >= 11 is 12.1. The van der Waals surface area contributed by atoms with Crippen molar-refractivity contribution in [3.63, 3.8) is 0 Å². The molecule has 2 rings (SSSR count). The quantitative estimate of drug-likeness (QED) is 0.807. The van der Waals surface area contributed by atoms with E-state index in [2.05, 4.69) is 5.32 Å². The third-order valence-electron chi connectivity index (χ3n) is 3.55. The molecule has 0 aliphatic rings. The van der Waals surface area contributed by atoms with Crippen molar-refractivity contribution in [1.29, 1.82) is 0 Å². The summed E-state index contributed by atoms with van der Waals surface area (Å²) in [5, 5.41) is 3.96. The van der Waals surface area contributed by atoms with Gasteiger partial charge in [0.05, 0.1) is 17.2 Å². The zero-order valence-corrected chi connectivity index (χ0v) is 14.5. The van der Waals surface area contributed by atoms with E-state index < -0.39 is 0 Å². The molecule has 0 atom stereocenters. The number of benzene rings is 2. The summed E-state index contributed by atoms with van der Waals surface area (Å²) in [6.07, 6.45) is 1.75. The highest BCUT2D eigenvalue weighted by molar-refractivity contribution is 6.42. The largest absolute Gasteiger partial charge is 0.497 e. The summed E-state index contributed by atoms with van der Waals surface area (Å²) in [6.45, 7) is 0.606. The van der Waals surface area contributed by atoms with E-state index in [4.69, 9.17) is 27.9 Å². The van der Waals surface area contributed by atoms with Crippen LogP contribution in [0.15, 0.2) is 42.5 Å². The number of carbonyl (C=O) groups excluding carboxylic acids is 1. The number of rotatable bonds is 7. The minimum Gasteiger partial charge on any atom is -0.497 e. The topological polar surface area (TPSA) is 38.3 Å². The van der Waals surface area contributed by atoms with E-state index in [0.717, 1.165) is 23.3 Å². The summed E-state index contributed by atoms with van der Waals surface area (Å²) in [6, 6.07) is 13.3. The van der Waals surface area contributed by atoms with Crippen LogP contribution in [0.2, 0.25) is 10.0 Å².